The summed E-state index contributed by atoms with van der Waals surface area (Å²) in [7, 11) is 2.19. The van der Waals surface area contributed by atoms with E-state index in [-0.39, 0.29) is 0 Å². The topological polar surface area (TPSA) is 73.0 Å². The fourth-order valence-corrected chi connectivity index (χ4v) is 5.77. The number of phenolic OH excluding ortho intramolecular Hbond substituents is 1. The lowest BCUT2D eigenvalue weighted by Gasteiger charge is -2.35. The summed E-state index contributed by atoms with van der Waals surface area (Å²) in [5.74, 6) is 1.30. The van der Waals surface area contributed by atoms with Crippen LogP contribution in [0.25, 0.3) is 5.65 Å². The number of anilines is 1. The average molecular weight is 498 g/mol. The summed E-state index contributed by atoms with van der Waals surface area (Å²) in [4.78, 5) is 21.7. The molecule has 192 valence electrons. The van der Waals surface area contributed by atoms with Gasteiger partial charge in [0.05, 0.1) is 17.4 Å². The highest BCUT2D eigenvalue weighted by molar-refractivity contribution is 5.48. The van der Waals surface area contributed by atoms with Gasteiger partial charge in [-0.25, -0.2) is 9.97 Å². The first kappa shape index (κ1) is 23.9. The van der Waals surface area contributed by atoms with Crippen molar-refractivity contribution in [3.8, 4) is 5.75 Å². The Hall–Kier alpha value is -3.49. The van der Waals surface area contributed by atoms with Gasteiger partial charge in [-0.15, -0.1) is 0 Å². The van der Waals surface area contributed by atoms with Crippen LogP contribution in [0.15, 0.2) is 61.1 Å². The van der Waals surface area contributed by atoms with Gasteiger partial charge in [-0.1, -0.05) is 18.2 Å². The Morgan fingerprint density at radius 1 is 1.00 bits per heavy atom. The smallest absolute Gasteiger partial charge is 0.211 e. The third kappa shape index (κ3) is 5.17. The molecule has 0 bridgehead atoms. The molecule has 1 aliphatic carbocycles. The third-order valence-electron chi connectivity index (χ3n) is 7.83. The summed E-state index contributed by atoms with van der Waals surface area (Å²) in [6.07, 6.45) is 10.4. The minimum absolute atomic E-state index is 0.324. The van der Waals surface area contributed by atoms with Crippen LogP contribution in [0.2, 0.25) is 0 Å². The molecule has 1 fully saturated rings. The Balaban J connectivity index is 1.10. The maximum absolute atomic E-state index is 9.49. The number of hydrogen-bond donors (Lipinski definition) is 1. The maximum Gasteiger partial charge on any atom is 0.211 e. The van der Waals surface area contributed by atoms with Gasteiger partial charge in [0.1, 0.15) is 11.4 Å². The lowest BCUT2D eigenvalue weighted by atomic mass is 9.91. The number of aromatic hydroxyl groups is 1. The van der Waals surface area contributed by atoms with Gasteiger partial charge in [0.15, 0.2) is 0 Å². The third-order valence-corrected chi connectivity index (χ3v) is 7.83. The molecule has 1 aliphatic heterocycles. The number of rotatable bonds is 7. The van der Waals surface area contributed by atoms with E-state index in [4.69, 9.17) is 15.0 Å². The number of piperazine rings is 1. The van der Waals surface area contributed by atoms with Crippen molar-refractivity contribution < 1.29 is 5.11 Å². The zero-order valence-corrected chi connectivity index (χ0v) is 21.5. The number of nitrogens with zero attached hydrogens (tertiary/aromatic N) is 7. The Bertz CT molecular complexity index is 1340. The second kappa shape index (κ2) is 10.5. The van der Waals surface area contributed by atoms with Gasteiger partial charge in [0, 0.05) is 57.9 Å². The van der Waals surface area contributed by atoms with Crippen molar-refractivity contribution in [1.82, 2.24) is 29.2 Å². The molecule has 0 amide bonds. The molecule has 1 saturated heterocycles. The van der Waals surface area contributed by atoms with Gasteiger partial charge in [-0.3, -0.25) is 19.2 Å². The van der Waals surface area contributed by atoms with Crippen molar-refractivity contribution in [2.24, 2.45) is 0 Å². The average Bonchev–Trinajstić information content (AvgIpc) is 3.35. The SMILES string of the molecule is CN(Cc1cn2c(N3CCN(CCc4ccc(O)cc4)CC3)nccc2n1)C1CCCc2cccnc21. The van der Waals surface area contributed by atoms with Crippen molar-refractivity contribution in [3.05, 3.63) is 83.6 Å². The predicted molar refractivity (Wildman–Crippen MR) is 145 cm³/mol. The van der Waals surface area contributed by atoms with Crippen molar-refractivity contribution in [2.45, 2.75) is 38.3 Å². The van der Waals surface area contributed by atoms with Crippen LogP contribution in [-0.4, -0.2) is 74.0 Å². The van der Waals surface area contributed by atoms with Gasteiger partial charge in [0.2, 0.25) is 5.95 Å². The van der Waals surface area contributed by atoms with Gasteiger partial charge in [-0.2, -0.15) is 0 Å². The second-order valence-corrected chi connectivity index (χ2v) is 10.3. The molecule has 37 heavy (non-hydrogen) atoms. The summed E-state index contributed by atoms with van der Waals surface area (Å²) in [6, 6.07) is 14.1. The molecule has 1 N–H and O–H groups in total. The van der Waals surface area contributed by atoms with Crippen LogP contribution in [0.4, 0.5) is 5.95 Å². The summed E-state index contributed by atoms with van der Waals surface area (Å²) < 4.78 is 2.16. The number of benzene rings is 1. The second-order valence-electron chi connectivity index (χ2n) is 10.3. The monoisotopic (exact) mass is 497 g/mol. The number of hydrogen-bond acceptors (Lipinski definition) is 7. The number of fused-ring (bicyclic) bond motifs is 2. The molecule has 0 radical (unpaired) electrons. The molecule has 1 atom stereocenters. The van der Waals surface area contributed by atoms with E-state index >= 15 is 0 Å². The first-order valence-corrected chi connectivity index (χ1v) is 13.4. The maximum atomic E-state index is 9.49. The minimum atomic E-state index is 0.324. The first-order valence-electron chi connectivity index (χ1n) is 13.4. The number of phenols is 1. The van der Waals surface area contributed by atoms with Gasteiger partial charge < -0.3 is 10.0 Å². The highest BCUT2D eigenvalue weighted by Crippen LogP contribution is 2.32. The number of aryl methyl sites for hydroxylation is 1. The molecule has 6 rings (SSSR count). The molecule has 4 heterocycles. The molecular formula is C29H35N7O. The Morgan fingerprint density at radius 2 is 1.84 bits per heavy atom. The van der Waals surface area contributed by atoms with Crippen LogP contribution in [0, 0.1) is 0 Å². The number of imidazole rings is 1. The molecular weight excluding hydrogens is 462 g/mol. The van der Waals surface area contributed by atoms with E-state index in [1.165, 1.54) is 23.2 Å². The van der Waals surface area contributed by atoms with Crippen molar-refractivity contribution in [1.29, 1.82) is 0 Å². The zero-order chi connectivity index (χ0) is 25.2. The summed E-state index contributed by atoms with van der Waals surface area (Å²) in [5, 5.41) is 9.49. The van der Waals surface area contributed by atoms with E-state index in [1.54, 1.807) is 12.1 Å². The standard InChI is InChI=1S/C29H35N7O/c1-33(26-6-2-4-23-5-3-13-30-28(23)26)20-24-21-36-27(32-24)11-14-31-29(36)35-18-16-34(17-19-35)15-12-22-7-9-25(37)10-8-22/h3,5,7-11,13-14,21,26,37H,2,4,6,12,15-20H2,1H3. The largest absolute Gasteiger partial charge is 0.508 e. The molecule has 0 spiro atoms. The van der Waals surface area contributed by atoms with E-state index in [0.717, 1.165) is 75.8 Å². The Kier molecular flexibility index (Phi) is 6.76. The van der Waals surface area contributed by atoms with E-state index in [1.807, 2.05) is 36.7 Å². The van der Waals surface area contributed by atoms with Crippen LogP contribution in [0.1, 0.15) is 41.4 Å². The van der Waals surface area contributed by atoms with Crippen LogP contribution < -0.4 is 4.90 Å². The summed E-state index contributed by atoms with van der Waals surface area (Å²) in [5.41, 5.74) is 5.88. The van der Waals surface area contributed by atoms with Crippen LogP contribution in [0.3, 0.4) is 0 Å². The zero-order valence-electron chi connectivity index (χ0n) is 21.5. The Morgan fingerprint density at radius 3 is 2.68 bits per heavy atom. The van der Waals surface area contributed by atoms with Gasteiger partial charge in [-0.05, 0) is 68.1 Å². The van der Waals surface area contributed by atoms with Crippen LogP contribution in [0.5, 0.6) is 5.75 Å². The molecule has 1 unspecified atom stereocenters. The molecule has 3 aromatic heterocycles. The lowest BCUT2D eigenvalue weighted by molar-refractivity contribution is 0.206. The highest BCUT2D eigenvalue weighted by atomic mass is 16.3. The van der Waals surface area contributed by atoms with E-state index in [2.05, 4.69) is 38.4 Å². The lowest BCUT2D eigenvalue weighted by Crippen LogP contribution is -2.47. The quantitative estimate of drug-likeness (QED) is 0.417. The normalized spacial score (nSPS) is 18.4. The number of pyridine rings is 1. The minimum Gasteiger partial charge on any atom is -0.508 e. The molecule has 8 nitrogen and oxygen atoms in total. The molecule has 0 saturated carbocycles. The van der Waals surface area contributed by atoms with Crippen molar-refractivity contribution >= 4 is 11.6 Å². The van der Waals surface area contributed by atoms with Crippen LogP contribution >= 0.6 is 0 Å². The van der Waals surface area contributed by atoms with Gasteiger partial charge >= 0.3 is 0 Å². The van der Waals surface area contributed by atoms with Gasteiger partial charge in [0.25, 0.3) is 0 Å². The molecule has 4 aromatic rings. The molecule has 2 aliphatic rings. The van der Waals surface area contributed by atoms with Crippen molar-refractivity contribution in [2.75, 3.05) is 44.7 Å². The van der Waals surface area contributed by atoms with E-state index < -0.39 is 0 Å². The highest BCUT2D eigenvalue weighted by Gasteiger charge is 2.26. The number of aromatic nitrogens is 4. The predicted octanol–water partition coefficient (Wildman–Crippen LogP) is 3.70. The molecule has 1 aromatic carbocycles. The molecule has 8 heteroatoms. The first-order chi connectivity index (χ1) is 18.1. The fraction of sp³-hybridized carbons (Fsp3) is 0.414. The van der Waals surface area contributed by atoms with E-state index in [0.29, 0.717) is 11.8 Å². The summed E-state index contributed by atoms with van der Waals surface area (Å²) in [6.45, 7) is 5.71. The summed E-state index contributed by atoms with van der Waals surface area (Å²) >= 11 is 0. The van der Waals surface area contributed by atoms with Crippen LogP contribution in [-0.2, 0) is 19.4 Å². The fourth-order valence-electron chi connectivity index (χ4n) is 5.77. The van der Waals surface area contributed by atoms with E-state index in [9.17, 15) is 5.11 Å². The Labute approximate surface area is 218 Å². The van der Waals surface area contributed by atoms with Crippen molar-refractivity contribution in [3.63, 3.8) is 0 Å².